The van der Waals surface area contributed by atoms with Crippen molar-refractivity contribution in [2.75, 3.05) is 26.7 Å². The number of nitrogens with one attached hydrogen (secondary N) is 2. The molecule has 5 nitrogen and oxygen atoms in total. The topological polar surface area (TPSA) is 53.6 Å². The Morgan fingerprint density at radius 2 is 2.00 bits per heavy atom. The molecule has 5 heteroatoms. The van der Waals surface area contributed by atoms with Crippen molar-refractivity contribution in [3.05, 3.63) is 0 Å². The molecule has 0 spiro atoms. The largest absolute Gasteiger partial charge is 0.352 e. The van der Waals surface area contributed by atoms with Gasteiger partial charge in [0.05, 0.1) is 7.11 Å². The van der Waals surface area contributed by atoms with Crippen molar-refractivity contribution in [3.63, 3.8) is 0 Å². The van der Waals surface area contributed by atoms with Crippen LogP contribution in [-0.4, -0.2) is 49.8 Å². The van der Waals surface area contributed by atoms with Crippen LogP contribution in [0.5, 0.6) is 0 Å². The van der Waals surface area contributed by atoms with E-state index in [1.807, 2.05) is 5.06 Å². The Bertz CT molecular complexity index is 306. The first kappa shape index (κ1) is 15.7. The van der Waals surface area contributed by atoms with Crippen molar-refractivity contribution in [2.24, 2.45) is 11.8 Å². The van der Waals surface area contributed by atoms with Crippen LogP contribution >= 0.6 is 0 Å². The first-order chi connectivity index (χ1) is 9.60. The molecule has 0 unspecified atom stereocenters. The lowest BCUT2D eigenvalue weighted by Crippen LogP contribution is -2.56. The van der Waals surface area contributed by atoms with E-state index in [9.17, 15) is 4.79 Å². The average Bonchev–Trinajstić information content (AvgIpc) is 2.44. The molecule has 0 aliphatic carbocycles. The van der Waals surface area contributed by atoms with E-state index in [1.54, 1.807) is 7.11 Å². The molecule has 2 aliphatic heterocycles. The van der Waals surface area contributed by atoms with E-state index in [0.717, 1.165) is 38.9 Å². The molecule has 20 heavy (non-hydrogen) atoms. The van der Waals surface area contributed by atoms with Crippen LogP contribution in [0, 0.1) is 11.8 Å². The lowest BCUT2D eigenvalue weighted by atomic mass is 9.88. The maximum atomic E-state index is 12.2. The van der Waals surface area contributed by atoms with E-state index in [0.29, 0.717) is 24.3 Å². The summed E-state index contributed by atoms with van der Waals surface area (Å²) in [7, 11) is 1.71. The van der Waals surface area contributed by atoms with Crippen molar-refractivity contribution in [1.29, 1.82) is 0 Å². The maximum Gasteiger partial charge on any atom is 0.220 e. The van der Waals surface area contributed by atoms with Crippen molar-refractivity contribution < 1.29 is 9.63 Å². The number of nitrogens with zero attached hydrogens (tertiary/aromatic N) is 1. The van der Waals surface area contributed by atoms with Gasteiger partial charge in [-0.3, -0.25) is 4.79 Å². The van der Waals surface area contributed by atoms with Gasteiger partial charge in [-0.2, -0.15) is 5.06 Å². The molecule has 0 aromatic heterocycles. The molecule has 0 aromatic carbocycles. The lowest BCUT2D eigenvalue weighted by Gasteiger charge is -2.36. The Labute approximate surface area is 122 Å². The van der Waals surface area contributed by atoms with Gasteiger partial charge < -0.3 is 15.5 Å². The number of carbonyl (C=O) groups is 1. The summed E-state index contributed by atoms with van der Waals surface area (Å²) >= 11 is 0. The number of hydrogen-bond acceptors (Lipinski definition) is 4. The van der Waals surface area contributed by atoms with Crippen molar-refractivity contribution in [2.45, 2.75) is 51.6 Å². The number of piperidine rings is 2. The van der Waals surface area contributed by atoms with Crippen LogP contribution in [0.4, 0.5) is 0 Å². The highest BCUT2D eigenvalue weighted by Gasteiger charge is 2.29. The van der Waals surface area contributed by atoms with E-state index < -0.39 is 0 Å². The first-order valence-corrected chi connectivity index (χ1v) is 7.92. The quantitative estimate of drug-likeness (QED) is 0.813. The molecule has 0 saturated carbocycles. The molecule has 2 fully saturated rings. The van der Waals surface area contributed by atoms with Crippen molar-refractivity contribution in [1.82, 2.24) is 15.7 Å². The highest BCUT2D eigenvalue weighted by molar-refractivity contribution is 5.76. The Morgan fingerprint density at radius 1 is 1.30 bits per heavy atom. The first-order valence-electron chi connectivity index (χ1n) is 7.92. The van der Waals surface area contributed by atoms with Crippen LogP contribution in [0.15, 0.2) is 0 Å². The fraction of sp³-hybridized carbons (Fsp3) is 0.933. The fourth-order valence-electron chi connectivity index (χ4n) is 3.41. The molecule has 2 N–H and O–H groups in total. The summed E-state index contributed by atoms with van der Waals surface area (Å²) in [6.07, 6.45) is 3.90. The van der Waals surface area contributed by atoms with Crippen LogP contribution in [0.2, 0.25) is 0 Å². The van der Waals surface area contributed by atoms with Crippen LogP contribution in [-0.2, 0) is 9.63 Å². The fourth-order valence-corrected chi connectivity index (χ4v) is 3.41. The third-order valence-electron chi connectivity index (χ3n) is 4.85. The highest BCUT2D eigenvalue weighted by Crippen LogP contribution is 2.21. The van der Waals surface area contributed by atoms with Gasteiger partial charge >= 0.3 is 0 Å². The Kier molecular flexibility index (Phi) is 5.81. The molecule has 0 bridgehead atoms. The zero-order valence-electron chi connectivity index (χ0n) is 13.0. The monoisotopic (exact) mass is 283 g/mol. The van der Waals surface area contributed by atoms with Gasteiger partial charge in [-0.25, -0.2) is 0 Å². The van der Waals surface area contributed by atoms with Gasteiger partial charge in [0.25, 0.3) is 0 Å². The second kappa shape index (κ2) is 7.38. The molecule has 2 heterocycles. The molecular formula is C15H29N3O2. The zero-order chi connectivity index (χ0) is 14.5. The summed E-state index contributed by atoms with van der Waals surface area (Å²) in [6, 6.07) is 0.647. The van der Waals surface area contributed by atoms with E-state index in [-0.39, 0.29) is 11.9 Å². The average molecular weight is 283 g/mol. The van der Waals surface area contributed by atoms with Gasteiger partial charge in [0, 0.05) is 31.6 Å². The van der Waals surface area contributed by atoms with Crippen LogP contribution < -0.4 is 10.6 Å². The van der Waals surface area contributed by atoms with Crippen molar-refractivity contribution >= 4 is 5.91 Å². The third-order valence-corrected chi connectivity index (χ3v) is 4.85. The normalized spacial score (nSPS) is 33.0. The van der Waals surface area contributed by atoms with Gasteiger partial charge in [0.15, 0.2) is 0 Å². The number of amides is 1. The van der Waals surface area contributed by atoms with Gasteiger partial charge in [-0.15, -0.1) is 0 Å². The maximum absolute atomic E-state index is 12.2. The number of carbonyl (C=O) groups excluding carboxylic acids is 1. The van der Waals surface area contributed by atoms with E-state index >= 15 is 0 Å². The Balaban J connectivity index is 1.75. The summed E-state index contributed by atoms with van der Waals surface area (Å²) in [5.74, 6) is 1.28. The molecule has 0 radical (unpaired) electrons. The minimum Gasteiger partial charge on any atom is -0.352 e. The Hall–Kier alpha value is -0.650. The van der Waals surface area contributed by atoms with Crippen LogP contribution in [0.3, 0.4) is 0 Å². The molecule has 116 valence electrons. The van der Waals surface area contributed by atoms with E-state index in [1.165, 1.54) is 0 Å². The van der Waals surface area contributed by atoms with E-state index in [2.05, 4.69) is 24.5 Å². The predicted molar refractivity (Wildman–Crippen MR) is 79.1 cm³/mol. The minimum atomic E-state index is 0.216. The van der Waals surface area contributed by atoms with E-state index in [4.69, 9.17) is 4.84 Å². The number of rotatable bonds is 4. The summed E-state index contributed by atoms with van der Waals surface area (Å²) in [6.45, 7) is 7.33. The summed E-state index contributed by atoms with van der Waals surface area (Å²) in [5.41, 5.74) is 0. The van der Waals surface area contributed by atoms with Gasteiger partial charge in [-0.1, -0.05) is 6.92 Å². The summed E-state index contributed by atoms with van der Waals surface area (Å²) in [5, 5.41) is 8.67. The molecule has 1 amide bonds. The number of hydroxylamine groups is 2. The highest BCUT2D eigenvalue weighted by atomic mass is 16.7. The second-order valence-electron chi connectivity index (χ2n) is 6.36. The number of hydrogen-bond donors (Lipinski definition) is 2. The SMILES string of the molecule is CON1CCC(CC(=O)N[C@@H]2[C@H](C)CCN[C@H]2C)CC1. The molecule has 2 saturated heterocycles. The second-order valence-corrected chi connectivity index (χ2v) is 6.36. The van der Waals surface area contributed by atoms with Crippen LogP contribution in [0.25, 0.3) is 0 Å². The molecular weight excluding hydrogens is 254 g/mol. The zero-order valence-corrected chi connectivity index (χ0v) is 13.0. The molecule has 2 aliphatic rings. The van der Waals surface area contributed by atoms with Crippen LogP contribution in [0.1, 0.15) is 39.5 Å². The minimum absolute atomic E-state index is 0.216. The summed E-state index contributed by atoms with van der Waals surface area (Å²) in [4.78, 5) is 17.5. The molecule has 2 rings (SSSR count). The standard InChI is InChI=1S/C15H29N3O2/c1-11-4-7-16-12(2)15(11)17-14(19)10-13-5-8-18(20-3)9-6-13/h11-13,15-16H,4-10H2,1-3H3,(H,17,19)/t11-,12+,15-/m1/s1. The molecule has 3 atom stereocenters. The predicted octanol–water partition coefficient (Wildman–Crippen LogP) is 1.15. The van der Waals surface area contributed by atoms with Crippen molar-refractivity contribution in [3.8, 4) is 0 Å². The molecule has 0 aromatic rings. The van der Waals surface area contributed by atoms with Gasteiger partial charge in [0.1, 0.15) is 0 Å². The smallest absolute Gasteiger partial charge is 0.220 e. The van der Waals surface area contributed by atoms with Gasteiger partial charge in [0.2, 0.25) is 5.91 Å². The summed E-state index contributed by atoms with van der Waals surface area (Å²) < 4.78 is 0. The Morgan fingerprint density at radius 3 is 2.60 bits per heavy atom. The third kappa shape index (κ3) is 4.17. The lowest BCUT2D eigenvalue weighted by molar-refractivity contribution is -0.150. The van der Waals surface area contributed by atoms with Gasteiger partial charge in [-0.05, 0) is 44.6 Å².